The monoisotopic (exact) mass is 244 g/mol. The Labute approximate surface area is 106 Å². The maximum Gasteiger partial charge on any atom is 0.213 e. The van der Waals surface area contributed by atoms with Crippen LogP contribution in [0.2, 0.25) is 0 Å². The van der Waals surface area contributed by atoms with Gasteiger partial charge in [0.1, 0.15) is 0 Å². The minimum atomic E-state index is 0.00982. The highest BCUT2D eigenvalue weighted by Gasteiger charge is 1.98. The number of aromatic nitrogens is 2. The topological polar surface area (TPSA) is 55.2 Å². The fourth-order valence-electron chi connectivity index (χ4n) is 1.63. The summed E-state index contributed by atoms with van der Waals surface area (Å²) < 4.78 is 5.53. The molecule has 2 aromatic heterocycles. The highest BCUT2D eigenvalue weighted by atomic mass is 16.5. The van der Waals surface area contributed by atoms with E-state index in [2.05, 4.69) is 9.97 Å². The van der Waals surface area contributed by atoms with Crippen molar-refractivity contribution in [2.24, 2.45) is 0 Å². The first-order valence-corrected chi connectivity index (χ1v) is 5.96. The van der Waals surface area contributed by atoms with E-state index < -0.39 is 0 Å². The van der Waals surface area contributed by atoms with Crippen molar-refractivity contribution in [3.8, 4) is 5.88 Å². The number of aliphatic hydroxyl groups is 1. The van der Waals surface area contributed by atoms with E-state index in [0.717, 1.165) is 18.4 Å². The van der Waals surface area contributed by atoms with Gasteiger partial charge in [0, 0.05) is 24.7 Å². The predicted molar refractivity (Wildman–Crippen MR) is 68.2 cm³/mol. The zero-order valence-electron chi connectivity index (χ0n) is 10.1. The quantitative estimate of drug-likeness (QED) is 0.789. The van der Waals surface area contributed by atoms with Gasteiger partial charge in [0.2, 0.25) is 5.88 Å². The van der Waals surface area contributed by atoms with Crippen molar-refractivity contribution in [2.45, 2.75) is 19.4 Å². The molecule has 94 valence electrons. The highest BCUT2D eigenvalue weighted by Crippen LogP contribution is 2.10. The molecule has 0 aliphatic heterocycles. The molecular formula is C14H16N2O2. The Morgan fingerprint density at radius 2 is 1.83 bits per heavy atom. The van der Waals surface area contributed by atoms with E-state index in [1.165, 1.54) is 5.56 Å². The van der Waals surface area contributed by atoms with Gasteiger partial charge in [-0.1, -0.05) is 0 Å². The van der Waals surface area contributed by atoms with Gasteiger partial charge in [-0.15, -0.1) is 0 Å². The average Bonchev–Trinajstić information content (AvgIpc) is 2.45. The van der Waals surface area contributed by atoms with E-state index in [1.54, 1.807) is 30.7 Å². The van der Waals surface area contributed by atoms with Crippen molar-refractivity contribution >= 4 is 0 Å². The van der Waals surface area contributed by atoms with E-state index >= 15 is 0 Å². The molecule has 0 spiro atoms. The summed E-state index contributed by atoms with van der Waals surface area (Å²) >= 11 is 0. The summed E-state index contributed by atoms with van der Waals surface area (Å²) in [4.78, 5) is 8.06. The summed E-state index contributed by atoms with van der Waals surface area (Å²) in [6, 6.07) is 7.53. The van der Waals surface area contributed by atoms with Crippen molar-refractivity contribution < 1.29 is 9.84 Å². The van der Waals surface area contributed by atoms with Crippen molar-refractivity contribution in [1.29, 1.82) is 0 Å². The highest BCUT2D eigenvalue weighted by molar-refractivity contribution is 5.19. The van der Waals surface area contributed by atoms with Crippen LogP contribution in [0.25, 0.3) is 0 Å². The molecule has 18 heavy (non-hydrogen) atoms. The van der Waals surface area contributed by atoms with Crippen LogP contribution in [0.1, 0.15) is 17.5 Å². The molecule has 0 saturated heterocycles. The molecule has 0 fully saturated rings. The molecule has 0 unspecified atom stereocenters. The molecule has 0 aliphatic carbocycles. The molecule has 0 aliphatic rings. The van der Waals surface area contributed by atoms with Crippen LogP contribution in [0, 0.1) is 0 Å². The van der Waals surface area contributed by atoms with Gasteiger partial charge in [0.25, 0.3) is 0 Å². The number of pyridine rings is 2. The second-order valence-corrected chi connectivity index (χ2v) is 3.97. The second-order valence-electron chi connectivity index (χ2n) is 3.97. The summed E-state index contributed by atoms with van der Waals surface area (Å²) in [5.74, 6) is 0.566. The lowest BCUT2D eigenvalue weighted by atomic mass is 10.1. The van der Waals surface area contributed by atoms with Crippen molar-refractivity contribution in [2.75, 3.05) is 6.61 Å². The number of ether oxygens (including phenoxy) is 1. The Balaban J connectivity index is 1.75. The van der Waals surface area contributed by atoms with Gasteiger partial charge in [-0.05, 0) is 42.2 Å². The molecule has 0 aromatic carbocycles. The Hall–Kier alpha value is -1.94. The Morgan fingerprint density at radius 1 is 1.06 bits per heavy atom. The lowest BCUT2D eigenvalue weighted by molar-refractivity contribution is 0.276. The number of nitrogens with zero attached hydrogens (tertiary/aromatic N) is 2. The van der Waals surface area contributed by atoms with Gasteiger partial charge in [-0.2, -0.15) is 0 Å². The molecule has 0 radical (unpaired) electrons. The Kier molecular flexibility index (Phi) is 4.67. The number of aliphatic hydroxyl groups excluding tert-OH is 1. The number of rotatable bonds is 6. The molecule has 2 rings (SSSR count). The lowest BCUT2D eigenvalue weighted by Gasteiger charge is -2.06. The summed E-state index contributed by atoms with van der Waals surface area (Å²) in [5.41, 5.74) is 2.07. The van der Waals surface area contributed by atoms with E-state index in [1.807, 2.05) is 12.1 Å². The maximum atomic E-state index is 8.99. The number of aryl methyl sites for hydroxylation is 1. The third-order valence-electron chi connectivity index (χ3n) is 2.59. The van der Waals surface area contributed by atoms with Crippen molar-refractivity contribution in [3.05, 3.63) is 54.0 Å². The van der Waals surface area contributed by atoms with E-state index in [9.17, 15) is 0 Å². The van der Waals surface area contributed by atoms with Crippen LogP contribution in [0.15, 0.2) is 42.9 Å². The summed E-state index contributed by atoms with van der Waals surface area (Å²) in [5, 5.41) is 8.99. The minimum Gasteiger partial charge on any atom is -0.478 e. The molecule has 4 nitrogen and oxygen atoms in total. The fraction of sp³-hybridized carbons (Fsp3) is 0.286. The molecule has 4 heteroatoms. The normalized spacial score (nSPS) is 10.3. The SMILES string of the molecule is OCc1ccnc(OCCCc2ccncc2)c1. The van der Waals surface area contributed by atoms with E-state index in [0.29, 0.717) is 12.5 Å². The first kappa shape index (κ1) is 12.5. The zero-order valence-corrected chi connectivity index (χ0v) is 10.1. The zero-order chi connectivity index (χ0) is 12.6. The van der Waals surface area contributed by atoms with Gasteiger partial charge in [0.05, 0.1) is 13.2 Å². The van der Waals surface area contributed by atoms with Crippen molar-refractivity contribution in [3.63, 3.8) is 0 Å². The van der Waals surface area contributed by atoms with E-state index in [4.69, 9.17) is 9.84 Å². The summed E-state index contributed by atoms with van der Waals surface area (Å²) in [7, 11) is 0. The number of hydrogen-bond donors (Lipinski definition) is 1. The van der Waals surface area contributed by atoms with Crippen LogP contribution in [-0.2, 0) is 13.0 Å². The van der Waals surface area contributed by atoms with Gasteiger partial charge >= 0.3 is 0 Å². The lowest BCUT2D eigenvalue weighted by Crippen LogP contribution is -2.01. The predicted octanol–water partition coefficient (Wildman–Crippen LogP) is 1.98. The molecule has 0 atom stereocenters. The minimum absolute atomic E-state index is 0.00982. The van der Waals surface area contributed by atoms with Gasteiger partial charge < -0.3 is 9.84 Å². The first-order valence-electron chi connectivity index (χ1n) is 5.96. The third-order valence-corrected chi connectivity index (χ3v) is 2.59. The van der Waals surface area contributed by atoms with Crippen LogP contribution in [0.4, 0.5) is 0 Å². The van der Waals surface area contributed by atoms with Crippen LogP contribution >= 0.6 is 0 Å². The van der Waals surface area contributed by atoms with E-state index in [-0.39, 0.29) is 6.61 Å². The largest absolute Gasteiger partial charge is 0.478 e. The molecular weight excluding hydrogens is 228 g/mol. The van der Waals surface area contributed by atoms with Crippen molar-refractivity contribution in [1.82, 2.24) is 9.97 Å². The standard InChI is InChI=1S/C14H16N2O2/c17-11-13-5-8-16-14(10-13)18-9-1-2-12-3-6-15-7-4-12/h3-8,10,17H,1-2,9,11H2. The molecule has 2 heterocycles. The second kappa shape index (κ2) is 6.71. The number of hydrogen-bond acceptors (Lipinski definition) is 4. The Bertz CT molecular complexity index is 474. The summed E-state index contributed by atoms with van der Waals surface area (Å²) in [6.07, 6.45) is 7.12. The Morgan fingerprint density at radius 3 is 2.61 bits per heavy atom. The smallest absolute Gasteiger partial charge is 0.213 e. The van der Waals surface area contributed by atoms with Crippen LogP contribution < -0.4 is 4.74 Å². The molecule has 0 amide bonds. The molecule has 0 bridgehead atoms. The van der Waals surface area contributed by atoms with Crippen LogP contribution in [0.3, 0.4) is 0 Å². The van der Waals surface area contributed by atoms with Gasteiger partial charge in [-0.25, -0.2) is 4.98 Å². The third kappa shape index (κ3) is 3.82. The first-order chi connectivity index (χ1) is 8.88. The van der Waals surface area contributed by atoms with Crippen LogP contribution in [-0.4, -0.2) is 21.7 Å². The summed E-state index contributed by atoms with van der Waals surface area (Å²) in [6.45, 7) is 0.625. The van der Waals surface area contributed by atoms with Gasteiger partial charge in [0.15, 0.2) is 0 Å². The fourth-order valence-corrected chi connectivity index (χ4v) is 1.63. The molecule has 2 aromatic rings. The molecule has 1 N–H and O–H groups in total. The van der Waals surface area contributed by atoms with Crippen LogP contribution in [0.5, 0.6) is 5.88 Å². The molecule has 0 saturated carbocycles. The van der Waals surface area contributed by atoms with Gasteiger partial charge in [-0.3, -0.25) is 4.98 Å². The maximum absolute atomic E-state index is 8.99. The average molecular weight is 244 g/mol.